The second kappa shape index (κ2) is 41.6. The minimum absolute atomic E-state index is 0.0648. The summed E-state index contributed by atoms with van der Waals surface area (Å²) in [4.78, 5) is 23.2. The van der Waals surface area contributed by atoms with Crippen molar-refractivity contribution in [3.05, 3.63) is 12.2 Å². The van der Waals surface area contributed by atoms with Crippen molar-refractivity contribution in [3.8, 4) is 0 Å². The van der Waals surface area contributed by atoms with Gasteiger partial charge in [-0.05, 0) is 19.3 Å². The van der Waals surface area contributed by atoms with Crippen molar-refractivity contribution in [2.75, 3.05) is 40.9 Å². The third kappa shape index (κ3) is 43.3. The van der Waals surface area contributed by atoms with Crippen molar-refractivity contribution in [1.82, 2.24) is 5.32 Å². The molecule has 3 atom stereocenters. The number of hydrogen-bond donors (Lipinski definition) is 3. The van der Waals surface area contributed by atoms with Crippen LogP contribution < -0.4 is 5.32 Å². The van der Waals surface area contributed by atoms with Crippen LogP contribution >= 0.6 is 7.82 Å². The molecule has 1 amide bonds. The molecular formula is C49H100N2O6P+. The van der Waals surface area contributed by atoms with Crippen LogP contribution in [0.3, 0.4) is 0 Å². The summed E-state index contributed by atoms with van der Waals surface area (Å²) in [6.45, 7) is 4.84. The molecule has 0 bridgehead atoms. The molecule has 0 radical (unpaired) electrons. The number of rotatable bonds is 46. The van der Waals surface area contributed by atoms with Gasteiger partial charge in [-0.15, -0.1) is 0 Å². The zero-order valence-corrected chi connectivity index (χ0v) is 40.2. The lowest BCUT2D eigenvalue weighted by molar-refractivity contribution is -0.870. The number of aliphatic hydroxyl groups is 1. The fourth-order valence-corrected chi connectivity index (χ4v) is 8.25. The van der Waals surface area contributed by atoms with Crippen molar-refractivity contribution in [2.24, 2.45) is 0 Å². The number of phosphoric acid groups is 1. The van der Waals surface area contributed by atoms with E-state index < -0.39 is 20.0 Å². The molecule has 0 aromatic carbocycles. The highest BCUT2D eigenvalue weighted by Gasteiger charge is 2.27. The summed E-state index contributed by atoms with van der Waals surface area (Å²) in [6, 6.07) is -0.840. The number of nitrogens with zero attached hydrogens (tertiary/aromatic N) is 1. The van der Waals surface area contributed by atoms with Crippen LogP contribution in [-0.4, -0.2) is 73.4 Å². The van der Waals surface area contributed by atoms with Gasteiger partial charge in [-0.1, -0.05) is 231 Å². The zero-order valence-electron chi connectivity index (χ0n) is 39.3. The molecule has 0 rings (SSSR count). The van der Waals surface area contributed by atoms with Crippen LogP contribution in [0.15, 0.2) is 12.2 Å². The normalized spacial score (nSPS) is 14.3. The first-order valence-electron chi connectivity index (χ1n) is 25.1. The number of phosphoric ester groups is 1. The van der Waals surface area contributed by atoms with Gasteiger partial charge >= 0.3 is 7.82 Å². The van der Waals surface area contributed by atoms with Crippen LogP contribution in [0.5, 0.6) is 0 Å². The Hall–Kier alpha value is -0.760. The summed E-state index contributed by atoms with van der Waals surface area (Å²) < 4.78 is 23.6. The fraction of sp³-hybridized carbons (Fsp3) is 0.939. The van der Waals surface area contributed by atoms with Crippen LogP contribution in [0.25, 0.3) is 0 Å². The van der Waals surface area contributed by atoms with Gasteiger partial charge in [0.15, 0.2) is 0 Å². The van der Waals surface area contributed by atoms with Gasteiger partial charge < -0.3 is 19.8 Å². The average Bonchev–Trinajstić information content (AvgIpc) is 3.17. The predicted molar refractivity (Wildman–Crippen MR) is 249 cm³/mol. The lowest BCUT2D eigenvalue weighted by Crippen LogP contribution is -2.45. The minimum atomic E-state index is -4.33. The van der Waals surface area contributed by atoms with E-state index in [1.165, 1.54) is 193 Å². The highest BCUT2D eigenvalue weighted by atomic mass is 31.2. The standard InChI is InChI=1S/C49H99N2O6P/c1-6-8-10-12-14-16-18-20-22-23-24-25-26-27-29-31-33-35-37-39-41-43-49(53)50-47(46-57-58(54,55)56-45-44-51(3,4)5)48(52)42-40-38-36-34-32-30-28-21-19-17-15-13-11-9-7-2/h40,42,47-48,52H,6-39,41,43-46H2,1-5H3,(H-,50,53,54,55)/p+1/b42-40+/t47-,48+/m0/s1. The smallest absolute Gasteiger partial charge is 0.387 e. The molecular weight excluding hydrogens is 744 g/mol. The molecule has 0 saturated heterocycles. The van der Waals surface area contributed by atoms with Gasteiger partial charge in [0.2, 0.25) is 5.91 Å². The number of carbonyl (C=O) groups excluding carboxylic acids is 1. The lowest BCUT2D eigenvalue weighted by atomic mass is 10.0. The van der Waals surface area contributed by atoms with Gasteiger partial charge in [-0.2, -0.15) is 0 Å². The molecule has 0 saturated carbocycles. The van der Waals surface area contributed by atoms with Crippen molar-refractivity contribution >= 4 is 13.7 Å². The molecule has 0 aliphatic heterocycles. The largest absolute Gasteiger partial charge is 0.472 e. The SMILES string of the molecule is CCCCCCCCCCCCCCC/C=C/[C@@H](O)[C@H](COP(=O)(O)OCC[N+](C)(C)C)NC(=O)CCCCCCCCCCCCCCCCCCCCCCC. The number of aliphatic hydroxyl groups excluding tert-OH is 1. The molecule has 58 heavy (non-hydrogen) atoms. The molecule has 0 fully saturated rings. The van der Waals surface area contributed by atoms with Crippen molar-refractivity contribution in [2.45, 2.75) is 257 Å². The molecule has 0 aliphatic carbocycles. The molecule has 9 heteroatoms. The number of amides is 1. The van der Waals surface area contributed by atoms with Gasteiger partial charge in [0.1, 0.15) is 13.2 Å². The maximum Gasteiger partial charge on any atom is 0.472 e. The van der Waals surface area contributed by atoms with Gasteiger partial charge in [0.25, 0.3) is 0 Å². The first-order chi connectivity index (χ1) is 28.0. The third-order valence-electron chi connectivity index (χ3n) is 11.5. The maximum atomic E-state index is 12.9. The summed E-state index contributed by atoms with van der Waals surface area (Å²) in [5, 5.41) is 13.9. The van der Waals surface area contributed by atoms with Crippen molar-refractivity contribution in [3.63, 3.8) is 0 Å². The van der Waals surface area contributed by atoms with E-state index in [-0.39, 0.29) is 19.1 Å². The van der Waals surface area contributed by atoms with E-state index >= 15 is 0 Å². The second-order valence-electron chi connectivity index (χ2n) is 18.6. The number of hydrogen-bond acceptors (Lipinski definition) is 5. The molecule has 346 valence electrons. The Kier molecular flexibility index (Phi) is 41.0. The maximum absolute atomic E-state index is 12.9. The van der Waals surface area contributed by atoms with E-state index in [1.54, 1.807) is 6.08 Å². The summed E-state index contributed by atoms with van der Waals surface area (Å²) in [5.41, 5.74) is 0. The fourth-order valence-electron chi connectivity index (χ4n) is 7.51. The highest BCUT2D eigenvalue weighted by Crippen LogP contribution is 2.43. The number of allylic oxidation sites excluding steroid dienone is 1. The van der Waals surface area contributed by atoms with E-state index in [0.29, 0.717) is 17.4 Å². The Balaban J connectivity index is 4.26. The van der Waals surface area contributed by atoms with E-state index in [0.717, 1.165) is 32.1 Å². The molecule has 0 aliphatic rings. The molecule has 0 aromatic rings. The van der Waals surface area contributed by atoms with E-state index in [9.17, 15) is 19.4 Å². The Morgan fingerprint density at radius 2 is 0.914 bits per heavy atom. The van der Waals surface area contributed by atoms with E-state index in [4.69, 9.17) is 9.05 Å². The van der Waals surface area contributed by atoms with Crippen molar-refractivity contribution in [1.29, 1.82) is 0 Å². The van der Waals surface area contributed by atoms with Crippen LogP contribution in [-0.2, 0) is 18.4 Å². The Morgan fingerprint density at radius 1 is 0.569 bits per heavy atom. The summed E-state index contributed by atoms with van der Waals surface area (Å²) in [6.07, 6.45) is 48.5. The van der Waals surface area contributed by atoms with Crippen LogP contribution in [0.4, 0.5) is 0 Å². The molecule has 1 unspecified atom stereocenters. The average molecular weight is 844 g/mol. The third-order valence-corrected chi connectivity index (χ3v) is 12.5. The monoisotopic (exact) mass is 844 g/mol. The van der Waals surface area contributed by atoms with Gasteiger partial charge in [0.05, 0.1) is 39.9 Å². The molecule has 0 spiro atoms. The van der Waals surface area contributed by atoms with E-state index in [2.05, 4.69) is 19.2 Å². The zero-order chi connectivity index (χ0) is 42.8. The number of unbranched alkanes of at least 4 members (excludes halogenated alkanes) is 33. The second-order valence-corrected chi connectivity index (χ2v) is 20.0. The van der Waals surface area contributed by atoms with Crippen LogP contribution in [0.1, 0.15) is 245 Å². The summed E-state index contributed by atoms with van der Waals surface area (Å²) >= 11 is 0. The Morgan fingerprint density at radius 3 is 1.28 bits per heavy atom. The minimum Gasteiger partial charge on any atom is -0.387 e. The molecule has 0 aromatic heterocycles. The number of quaternary nitrogens is 1. The van der Waals surface area contributed by atoms with Crippen molar-refractivity contribution < 1.29 is 32.9 Å². The Labute approximate surface area is 361 Å². The quantitative estimate of drug-likeness (QED) is 0.0244. The number of carbonyl (C=O) groups is 1. The topological polar surface area (TPSA) is 105 Å². The van der Waals surface area contributed by atoms with Gasteiger partial charge in [0, 0.05) is 6.42 Å². The number of nitrogens with one attached hydrogen (secondary N) is 1. The van der Waals surface area contributed by atoms with E-state index in [1.807, 2.05) is 27.2 Å². The first-order valence-corrected chi connectivity index (χ1v) is 26.6. The summed E-state index contributed by atoms with van der Waals surface area (Å²) in [7, 11) is 1.58. The molecule has 0 heterocycles. The first kappa shape index (κ1) is 57.2. The molecule has 8 nitrogen and oxygen atoms in total. The van der Waals surface area contributed by atoms with Gasteiger partial charge in [-0.25, -0.2) is 4.57 Å². The molecule has 3 N–H and O–H groups in total. The predicted octanol–water partition coefficient (Wildman–Crippen LogP) is 14.3. The Bertz CT molecular complexity index is 958. The van der Waals surface area contributed by atoms with Gasteiger partial charge in [-0.3, -0.25) is 13.8 Å². The van der Waals surface area contributed by atoms with Crippen LogP contribution in [0.2, 0.25) is 0 Å². The lowest BCUT2D eigenvalue weighted by Gasteiger charge is -2.25. The number of likely N-dealkylation sites (N-methyl/N-ethyl adjacent to an activating group) is 1. The van der Waals surface area contributed by atoms with Crippen LogP contribution in [0, 0.1) is 0 Å². The highest BCUT2D eigenvalue weighted by molar-refractivity contribution is 7.47. The summed E-state index contributed by atoms with van der Waals surface area (Å²) in [5.74, 6) is -0.172.